The van der Waals surface area contributed by atoms with Crippen LogP contribution >= 0.6 is 23.2 Å². The van der Waals surface area contributed by atoms with Gasteiger partial charge in [-0.1, -0.05) is 23.2 Å². The monoisotopic (exact) mass is 443 g/mol. The van der Waals surface area contributed by atoms with Crippen molar-refractivity contribution in [2.45, 2.75) is 63.8 Å². The highest BCUT2D eigenvalue weighted by Gasteiger charge is 2.48. The Labute approximate surface area is 187 Å². The van der Waals surface area contributed by atoms with Crippen LogP contribution in [0.3, 0.4) is 0 Å². The molecule has 4 saturated carbocycles. The van der Waals surface area contributed by atoms with E-state index in [1.54, 1.807) is 6.07 Å². The van der Waals surface area contributed by atoms with Gasteiger partial charge in [0.15, 0.2) is 5.69 Å². The zero-order valence-electron chi connectivity index (χ0n) is 17.0. The summed E-state index contributed by atoms with van der Waals surface area (Å²) in [5.41, 5.74) is 3.63. The average molecular weight is 444 g/mol. The number of carbonyl (C=O) groups is 1. The Morgan fingerprint density at radius 3 is 2.40 bits per heavy atom. The van der Waals surface area contributed by atoms with Crippen LogP contribution in [0.4, 0.5) is 0 Å². The summed E-state index contributed by atoms with van der Waals surface area (Å²) in [6.45, 7) is 0. The maximum atomic E-state index is 13.5. The molecule has 1 heterocycles. The average Bonchev–Trinajstić information content (AvgIpc) is 3.10. The maximum absolute atomic E-state index is 13.5. The molecule has 0 unspecified atom stereocenters. The Hall–Kier alpha value is -1.52. The number of fused-ring (bicyclic) bond motifs is 1. The van der Waals surface area contributed by atoms with Gasteiger partial charge in [0.1, 0.15) is 0 Å². The number of nitrogens with zero attached hydrogens (tertiary/aromatic N) is 2. The molecule has 1 aromatic heterocycles. The Balaban J connectivity index is 1.33. The highest BCUT2D eigenvalue weighted by molar-refractivity contribution is 6.35. The van der Waals surface area contributed by atoms with E-state index in [-0.39, 0.29) is 5.91 Å². The number of nitrogens with one attached hydrogen (secondary N) is 1. The summed E-state index contributed by atoms with van der Waals surface area (Å²) >= 11 is 12.6. The Bertz CT molecular complexity index is 986. The first-order valence-corrected chi connectivity index (χ1v) is 12.2. The third-order valence-electron chi connectivity index (χ3n) is 8.06. The number of hydrogen-bond acceptors (Lipinski definition) is 2. The van der Waals surface area contributed by atoms with Crippen molar-refractivity contribution in [1.82, 2.24) is 15.1 Å². The predicted molar refractivity (Wildman–Crippen MR) is 119 cm³/mol. The fourth-order valence-corrected chi connectivity index (χ4v) is 7.50. The van der Waals surface area contributed by atoms with E-state index in [1.165, 1.54) is 32.1 Å². The normalized spacial score (nSPS) is 31.6. The molecule has 1 aromatic carbocycles. The third kappa shape index (κ3) is 3.10. The summed E-state index contributed by atoms with van der Waals surface area (Å²) in [5.74, 6) is 3.14. The molecule has 2 aromatic rings. The largest absolute Gasteiger partial charge is 0.347 e. The van der Waals surface area contributed by atoms with Crippen molar-refractivity contribution >= 4 is 29.1 Å². The minimum absolute atomic E-state index is 0.00876. The molecule has 1 amide bonds. The van der Waals surface area contributed by atoms with Crippen LogP contribution < -0.4 is 5.32 Å². The van der Waals surface area contributed by atoms with Crippen LogP contribution in [0.1, 0.15) is 66.7 Å². The Morgan fingerprint density at radius 2 is 1.70 bits per heavy atom. The molecule has 0 atom stereocenters. The summed E-state index contributed by atoms with van der Waals surface area (Å²) in [7, 11) is 0. The second-order valence-electron chi connectivity index (χ2n) is 9.92. The van der Waals surface area contributed by atoms with Crippen LogP contribution in [0, 0.1) is 23.7 Å². The van der Waals surface area contributed by atoms with Gasteiger partial charge in [-0.05, 0) is 99.7 Å². The highest BCUT2D eigenvalue weighted by atomic mass is 35.5. The van der Waals surface area contributed by atoms with Gasteiger partial charge in [0.2, 0.25) is 0 Å². The molecule has 0 saturated heterocycles. The lowest BCUT2D eigenvalue weighted by molar-refractivity contribution is -0.0120. The van der Waals surface area contributed by atoms with Crippen LogP contribution in [0.25, 0.3) is 5.69 Å². The number of halogens is 2. The van der Waals surface area contributed by atoms with Crippen molar-refractivity contribution in [2.75, 3.05) is 0 Å². The number of hydrogen-bond donors (Lipinski definition) is 1. The Kier molecular flexibility index (Phi) is 4.65. The fraction of sp³-hybridized carbons (Fsp3) is 0.583. The zero-order valence-corrected chi connectivity index (χ0v) is 18.6. The van der Waals surface area contributed by atoms with Crippen molar-refractivity contribution in [3.63, 3.8) is 0 Å². The second kappa shape index (κ2) is 7.27. The summed E-state index contributed by atoms with van der Waals surface area (Å²) in [6, 6.07) is 5.79. The molecule has 4 bridgehead atoms. The smallest absolute Gasteiger partial charge is 0.272 e. The van der Waals surface area contributed by atoms with Gasteiger partial charge in [-0.25, -0.2) is 4.68 Å². The molecule has 158 valence electrons. The summed E-state index contributed by atoms with van der Waals surface area (Å²) in [4.78, 5) is 13.5. The maximum Gasteiger partial charge on any atom is 0.272 e. The summed E-state index contributed by atoms with van der Waals surface area (Å²) in [5, 5.41) is 9.42. The molecule has 6 heteroatoms. The summed E-state index contributed by atoms with van der Waals surface area (Å²) in [6.07, 6.45) is 10.7. The van der Waals surface area contributed by atoms with E-state index in [2.05, 4.69) is 5.32 Å². The molecular weight excluding hydrogens is 417 g/mol. The third-order valence-corrected chi connectivity index (χ3v) is 8.60. The van der Waals surface area contributed by atoms with Crippen molar-refractivity contribution in [2.24, 2.45) is 23.7 Å². The van der Waals surface area contributed by atoms with Crippen molar-refractivity contribution in [3.8, 4) is 5.69 Å². The van der Waals surface area contributed by atoms with Gasteiger partial charge in [0.05, 0.1) is 10.7 Å². The van der Waals surface area contributed by atoms with E-state index in [9.17, 15) is 4.79 Å². The van der Waals surface area contributed by atoms with Gasteiger partial charge in [0.25, 0.3) is 5.91 Å². The molecule has 5 aliphatic rings. The number of rotatable bonds is 3. The quantitative estimate of drug-likeness (QED) is 0.669. The first-order valence-electron chi connectivity index (χ1n) is 11.4. The number of carbonyl (C=O) groups excluding carboxylic acids is 1. The number of benzene rings is 1. The number of aromatic nitrogens is 2. The molecule has 0 spiro atoms. The van der Waals surface area contributed by atoms with Crippen molar-refractivity contribution < 1.29 is 4.79 Å². The topological polar surface area (TPSA) is 46.9 Å². The van der Waals surface area contributed by atoms with Crippen molar-refractivity contribution in [1.29, 1.82) is 0 Å². The lowest BCUT2D eigenvalue weighted by Gasteiger charge is -2.54. The van der Waals surface area contributed by atoms with E-state index in [0.717, 1.165) is 54.5 Å². The van der Waals surface area contributed by atoms with Gasteiger partial charge < -0.3 is 5.32 Å². The molecule has 7 rings (SSSR count). The molecule has 4 fully saturated rings. The van der Waals surface area contributed by atoms with Crippen molar-refractivity contribution in [3.05, 3.63) is 45.2 Å². The SMILES string of the molecule is O=C(NC1C2CC3CC(C2)CC1C3)c1nn(-c2ccc(Cl)cc2Cl)c2c1CCCC2. The molecule has 0 aliphatic heterocycles. The van der Waals surface area contributed by atoms with E-state index in [4.69, 9.17) is 28.3 Å². The molecule has 1 N–H and O–H groups in total. The molecule has 4 nitrogen and oxygen atoms in total. The lowest BCUT2D eigenvalue weighted by atomic mass is 9.54. The van der Waals surface area contributed by atoms with Crippen LogP contribution in [-0.2, 0) is 12.8 Å². The van der Waals surface area contributed by atoms with Gasteiger partial charge in [-0.3, -0.25) is 4.79 Å². The van der Waals surface area contributed by atoms with Gasteiger partial charge in [-0.2, -0.15) is 5.10 Å². The fourth-order valence-electron chi connectivity index (χ4n) is 7.01. The minimum Gasteiger partial charge on any atom is -0.347 e. The zero-order chi connectivity index (χ0) is 20.4. The second-order valence-corrected chi connectivity index (χ2v) is 10.8. The Morgan fingerprint density at radius 1 is 1.00 bits per heavy atom. The summed E-state index contributed by atoms with van der Waals surface area (Å²) < 4.78 is 1.89. The lowest BCUT2D eigenvalue weighted by Crippen LogP contribution is -2.56. The minimum atomic E-state index is 0.00876. The van der Waals surface area contributed by atoms with E-state index in [1.807, 2.05) is 16.8 Å². The first kappa shape index (κ1) is 19.2. The van der Waals surface area contributed by atoms with Crippen LogP contribution in [0.2, 0.25) is 10.0 Å². The predicted octanol–water partition coefficient (Wildman–Crippen LogP) is 5.61. The molecule has 30 heavy (non-hydrogen) atoms. The molecular formula is C24H27Cl2N3O. The first-order chi connectivity index (χ1) is 14.6. The number of amides is 1. The van der Waals surface area contributed by atoms with E-state index >= 15 is 0 Å². The van der Waals surface area contributed by atoms with Gasteiger partial charge >= 0.3 is 0 Å². The van der Waals surface area contributed by atoms with Crippen LogP contribution in [-0.4, -0.2) is 21.7 Å². The van der Waals surface area contributed by atoms with Crippen LogP contribution in [0.15, 0.2) is 18.2 Å². The van der Waals surface area contributed by atoms with Gasteiger partial charge in [0, 0.05) is 22.3 Å². The standard InChI is InChI=1S/C24H27Cl2N3O/c25-17-5-6-21(19(26)12-17)29-20-4-2-1-3-18(20)23(28-29)24(30)27-22-15-8-13-7-14(10-15)11-16(22)9-13/h5-6,12-16,22H,1-4,7-11H2,(H,27,30). The van der Waals surface area contributed by atoms with E-state index < -0.39 is 0 Å². The van der Waals surface area contributed by atoms with Gasteiger partial charge in [-0.15, -0.1) is 0 Å². The molecule has 0 radical (unpaired) electrons. The van der Waals surface area contributed by atoms with Crippen LogP contribution in [0.5, 0.6) is 0 Å². The molecule has 5 aliphatic carbocycles. The highest BCUT2D eigenvalue weighted by Crippen LogP contribution is 2.53. The van der Waals surface area contributed by atoms with E-state index in [0.29, 0.717) is 33.6 Å².